The van der Waals surface area contributed by atoms with E-state index in [1.165, 1.54) is 28.8 Å². The first-order valence-corrected chi connectivity index (χ1v) is 11.1. The first-order chi connectivity index (χ1) is 16.5. The van der Waals surface area contributed by atoms with Crippen molar-refractivity contribution >= 4 is 23.5 Å². The Balaban J connectivity index is 1.48. The summed E-state index contributed by atoms with van der Waals surface area (Å²) in [4.78, 5) is 37.2. The number of aromatic nitrogens is 2. The summed E-state index contributed by atoms with van der Waals surface area (Å²) in [6, 6.07) is 12.9. The van der Waals surface area contributed by atoms with Gasteiger partial charge in [-0.2, -0.15) is 4.98 Å². The number of likely N-dealkylation sites (tertiary alicyclic amines) is 1. The van der Waals surface area contributed by atoms with Gasteiger partial charge in [-0.05, 0) is 48.6 Å². The molecule has 1 saturated heterocycles. The van der Waals surface area contributed by atoms with Gasteiger partial charge in [-0.25, -0.2) is 14.2 Å². The van der Waals surface area contributed by atoms with Gasteiger partial charge in [0.1, 0.15) is 24.0 Å². The lowest BCUT2D eigenvalue weighted by Crippen LogP contribution is -2.40. The molecule has 9 heteroatoms. The third kappa shape index (κ3) is 4.16. The third-order valence-corrected chi connectivity index (χ3v) is 6.19. The number of halogens is 1. The molecule has 5 rings (SSSR count). The average Bonchev–Trinajstić information content (AvgIpc) is 3.51. The fourth-order valence-corrected chi connectivity index (χ4v) is 4.44. The molecule has 174 valence electrons. The zero-order valence-corrected chi connectivity index (χ0v) is 18.4. The number of fused-ring (bicyclic) bond motifs is 1. The Bertz CT molecular complexity index is 1230. The SMILES string of the molecule is O=C(O)[C@@H]1CCCN1C(=O)c1cnc(N2CCc3ccccc32)nc1OCc1ccc(F)cc1. The number of anilines is 2. The number of ether oxygens (including phenoxy) is 1. The van der Waals surface area contributed by atoms with Crippen LogP contribution < -0.4 is 9.64 Å². The van der Waals surface area contributed by atoms with Gasteiger partial charge in [0.05, 0.1) is 0 Å². The maximum Gasteiger partial charge on any atom is 0.326 e. The highest BCUT2D eigenvalue weighted by Gasteiger charge is 2.36. The predicted octanol–water partition coefficient (Wildman–Crippen LogP) is 3.58. The highest BCUT2D eigenvalue weighted by Crippen LogP contribution is 2.34. The number of carboxylic acids is 1. The molecule has 34 heavy (non-hydrogen) atoms. The highest BCUT2D eigenvalue weighted by molar-refractivity contribution is 5.98. The second-order valence-electron chi connectivity index (χ2n) is 8.33. The average molecular weight is 462 g/mol. The Morgan fingerprint density at radius 1 is 1.12 bits per heavy atom. The molecular weight excluding hydrogens is 439 g/mol. The molecule has 0 bridgehead atoms. The van der Waals surface area contributed by atoms with E-state index in [0.717, 1.165) is 12.1 Å². The lowest BCUT2D eigenvalue weighted by Gasteiger charge is -2.23. The number of carboxylic acid groups (broad SMARTS) is 1. The van der Waals surface area contributed by atoms with E-state index in [-0.39, 0.29) is 23.9 Å². The zero-order valence-electron chi connectivity index (χ0n) is 18.4. The lowest BCUT2D eigenvalue weighted by atomic mass is 10.2. The van der Waals surface area contributed by atoms with Crippen LogP contribution >= 0.6 is 0 Å². The second-order valence-corrected chi connectivity index (χ2v) is 8.33. The van der Waals surface area contributed by atoms with E-state index in [1.807, 2.05) is 23.1 Å². The van der Waals surface area contributed by atoms with Crippen LogP contribution in [-0.2, 0) is 17.8 Å². The topological polar surface area (TPSA) is 95.9 Å². The molecule has 1 amide bonds. The van der Waals surface area contributed by atoms with Gasteiger partial charge in [0.25, 0.3) is 5.91 Å². The summed E-state index contributed by atoms with van der Waals surface area (Å²) in [7, 11) is 0. The van der Waals surface area contributed by atoms with Crippen LogP contribution in [0.25, 0.3) is 0 Å². The molecule has 1 fully saturated rings. The summed E-state index contributed by atoms with van der Waals surface area (Å²) in [5.74, 6) is -1.41. The van der Waals surface area contributed by atoms with Crippen molar-refractivity contribution in [1.82, 2.24) is 14.9 Å². The fourth-order valence-electron chi connectivity index (χ4n) is 4.44. The van der Waals surface area contributed by atoms with Crippen LogP contribution in [0.1, 0.15) is 34.3 Å². The van der Waals surface area contributed by atoms with E-state index in [1.54, 1.807) is 12.1 Å². The number of rotatable bonds is 6. The quantitative estimate of drug-likeness (QED) is 0.598. The molecule has 1 atom stereocenters. The molecule has 0 saturated carbocycles. The molecule has 3 heterocycles. The van der Waals surface area contributed by atoms with Crippen LogP contribution in [0.4, 0.5) is 16.0 Å². The van der Waals surface area contributed by atoms with E-state index in [4.69, 9.17) is 4.74 Å². The maximum absolute atomic E-state index is 13.3. The number of aliphatic carboxylic acids is 1. The molecule has 1 N–H and O–H groups in total. The first-order valence-electron chi connectivity index (χ1n) is 11.1. The monoisotopic (exact) mass is 462 g/mol. The minimum atomic E-state index is -1.04. The van der Waals surface area contributed by atoms with E-state index in [0.29, 0.717) is 37.4 Å². The van der Waals surface area contributed by atoms with Gasteiger partial charge in [0, 0.05) is 25.0 Å². The van der Waals surface area contributed by atoms with Gasteiger partial charge in [0.15, 0.2) is 0 Å². The smallest absolute Gasteiger partial charge is 0.326 e. The van der Waals surface area contributed by atoms with Gasteiger partial charge >= 0.3 is 5.97 Å². The summed E-state index contributed by atoms with van der Waals surface area (Å²) in [6.07, 6.45) is 3.26. The summed E-state index contributed by atoms with van der Waals surface area (Å²) in [5.41, 5.74) is 2.99. The summed E-state index contributed by atoms with van der Waals surface area (Å²) >= 11 is 0. The van der Waals surface area contributed by atoms with E-state index >= 15 is 0 Å². The number of benzene rings is 2. The molecule has 1 aromatic heterocycles. The van der Waals surface area contributed by atoms with Crippen molar-refractivity contribution in [2.75, 3.05) is 18.0 Å². The molecule has 0 spiro atoms. The van der Waals surface area contributed by atoms with Gasteiger partial charge in [0.2, 0.25) is 11.8 Å². The fraction of sp³-hybridized carbons (Fsp3) is 0.280. The summed E-state index contributed by atoms with van der Waals surface area (Å²) in [6.45, 7) is 1.10. The predicted molar refractivity (Wildman–Crippen MR) is 122 cm³/mol. The van der Waals surface area contributed by atoms with Crippen LogP contribution in [0.15, 0.2) is 54.7 Å². The number of hydrogen-bond donors (Lipinski definition) is 1. The normalized spacial score (nSPS) is 17.0. The van der Waals surface area contributed by atoms with Crippen LogP contribution in [0.2, 0.25) is 0 Å². The van der Waals surface area contributed by atoms with Crippen LogP contribution in [0, 0.1) is 5.82 Å². The first kappa shape index (κ1) is 21.8. The minimum Gasteiger partial charge on any atom is -0.480 e. The largest absolute Gasteiger partial charge is 0.480 e. The van der Waals surface area contributed by atoms with Crippen molar-refractivity contribution in [2.24, 2.45) is 0 Å². The third-order valence-electron chi connectivity index (χ3n) is 6.19. The van der Waals surface area contributed by atoms with Gasteiger partial charge in [-0.1, -0.05) is 30.3 Å². The number of hydrogen-bond acceptors (Lipinski definition) is 6. The number of carbonyl (C=O) groups is 2. The Kier molecular flexibility index (Phi) is 5.83. The van der Waals surface area contributed by atoms with Crippen molar-refractivity contribution in [3.8, 4) is 5.88 Å². The second kappa shape index (κ2) is 9.09. The van der Waals surface area contributed by atoms with E-state index < -0.39 is 17.9 Å². The molecule has 8 nitrogen and oxygen atoms in total. The Labute approximate surface area is 195 Å². The molecule has 0 radical (unpaired) electrons. The Morgan fingerprint density at radius 3 is 2.71 bits per heavy atom. The van der Waals surface area contributed by atoms with Crippen molar-refractivity contribution in [3.05, 3.63) is 77.2 Å². The summed E-state index contributed by atoms with van der Waals surface area (Å²) < 4.78 is 19.2. The lowest BCUT2D eigenvalue weighted by molar-refractivity contribution is -0.141. The Hall–Kier alpha value is -4.01. The van der Waals surface area contributed by atoms with Gasteiger partial charge < -0.3 is 19.6 Å². The molecule has 3 aromatic rings. The summed E-state index contributed by atoms with van der Waals surface area (Å²) in [5, 5.41) is 9.51. The van der Waals surface area contributed by atoms with Crippen molar-refractivity contribution in [3.63, 3.8) is 0 Å². The maximum atomic E-state index is 13.3. The highest BCUT2D eigenvalue weighted by atomic mass is 19.1. The number of nitrogens with zero attached hydrogens (tertiary/aromatic N) is 4. The standard InChI is InChI=1S/C25H23FN4O4/c26-18-9-7-16(8-10-18)15-34-22-19(23(31)29-12-3-6-21(29)24(32)33)14-27-25(28-22)30-13-11-17-4-1-2-5-20(17)30/h1-2,4-5,7-10,14,21H,3,6,11-13,15H2,(H,32,33)/t21-/m0/s1. The number of amides is 1. The van der Waals surface area contributed by atoms with Crippen LogP contribution in [0.3, 0.4) is 0 Å². The van der Waals surface area contributed by atoms with E-state index in [9.17, 15) is 19.1 Å². The zero-order chi connectivity index (χ0) is 23.7. The molecule has 0 aliphatic carbocycles. The molecule has 0 unspecified atom stereocenters. The van der Waals surface area contributed by atoms with Crippen LogP contribution in [-0.4, -0.2) is 51.0 Å². The van der Waals surface area contributed by atoms with Crippen molar-refractivity contribution in [2.45, 2.75) is 31.9 Å². The van der Waals surface area contributed by atoms with Gasteiger partial charge in [-0.15, -0.1) is 0 Å². The molecule has 2 aliphatic heterocycles. The van der Waals surface area contributed by atoms with E-state index in [2.05, 4.69) is 16.0 Å². The van der Waals surface area contributed by atoms with Crippen LogP contribution in [0.5, 0.6) is 5.88 Å². The number of carbonyl (C=O) groups excluding carboxylic acids is 1. The van der Waals surface area contributed by atoms with Crippen molar-refractivity contribution < 1.29 is 23.8 Å². The minimum absolute atomic E-state index is 0.0654. The molecule has 2 aliphatic rings. The molecule has 2 aromatic carbocycles. The Morgan fingerprint density at radius 2 is 1.91 bits per heavy atom. The molecular formula is C25H23FN4O4. The van der Waals surface area contributed by atoms with Crippen molar-refractivity contribution in [1.29, 1.82) is 0 Å². The van der Waals surface area contributed by atoms with Gasteiger partial charge in [-0.3, -0.25) is 4.79 Å². The number of para-hydroxylation sites is 1.